The quantitative estimate of drug-likeness (QED) is 0.798. The standard InChI is InChI=1S/C12H15ClO2/c1-4-8(2)15-12-6-5-10(9(3)14)7-11(12)13/h4-9,14H,1H2,2-3H3. The second-order valence-corrected chi connectivity index (χ2v) is 3.83. The van der Waals surface area contributed by atoms with Crippen molar-refractivity contribution in [3.05, 3.63) is 41.4 Å². The highest BCUT2D eigenvalue weighted by Crippen LogP contribution is 2.28. The topological polar surface area (TPSA) is 29.5 Å². The monoisotopic (exact) mass is 226 g/mol. The number of benzene rings is 1. The molecule has 1 aromatic rings. The molecule has 1 rings (SSSR count). The van der Waals surface area contributed by atoms with Crippen molar-refractivity contribution >= 4 is 11.6 Å². The van der Waals surface area contributed by atoms with E-state index in [9.17, 15) is 5.11 Å². The molecule has 2 unspecified atom stereocenters. The number of aliphatic hydroxyl groups is 1. The van der Waals surface area contributed by atoms with Crippen molar-refractivity contribution in [2.75, 3.05) is 0 Å². The molecular weight excluding hydrogens is 212 g/mol. The van der Waals surface area contributed by atoms with E-state index >= 15 is 0 Å². The third-order valence-electron chi connectivity index (χ3n) is 2.08. The van der Waals surface area contributed by atoms with E-state index in [1.54, 1.807) is 31.2 Å². The molecule has 0 bridgehead atoms. The molecule has 0 heterocycles. The van der Waals surface area contributed by atoms with E-state index in [0.717, 1.165) is 5.56 Å². The van der Waals surface area contributed by atoms with Gasteiger partial charge >= 0.3 is 0 Å². The van der Waals surface area contributed by atoms with Crippen LogP contribution in [0.25, 0.3) is 0 Å². The van der Waals surface area contributed by atoms with E-state index < -0.39 is 6.10 Å². The summed E-state index contributed by atoms with van der Waals surface area (Å²) in [5.74, 6) is 0.605. The normalized spacial score (nSPS) is 14.4. The molecule has 0 amide bonds. The van der Waals surface area contributed by atoms with Crippen LogP contribution in [-0.4, -0.2) is 11.2 Å². The number of halogens is 1. The summed E-state index contributed by atoms with van der Waals surface area (Å²) >= 11 is 6.00. The van der Waals surface area contributed by atoms with Crippen molar-refractivity contribution in [1.82, 2.24) is 0 Å². The molecule has 0 spiro atoms. The number of hydrogen-bond donors (Lipinski definition) is 1. The van der Waals surface area contributed by atoms with Crippen LogP contribution in [-0.2, 0) is 0 Å². The fourth-order valence-electron chi connectivity index (χ4n) is 1.12. The van der Waals surface area contributed by atoms with Gasteiger partial charge in [0.05, 0.1) is 11.1 Å². The molecule has 0 aliphatic heterocycles. The maximum absolute atomic E-state index is 9.35. The molecule has 0 saturated heterocycles. The van der Waals surface area contributed by atoms with Crippen molar-refractivity contribution in [2.24, 2.45) is 0 Å². The van der Waals surface area contributed by atoms with Crippen LogP contribution in [0, 0.1) is 0 Å². The lowest BCUT2D eigenvalue weighted by Gasteiger charge is -2.13. The molecule has 2 nitrogen and oxygen atoms in total. The molecule has 1 N–H and O–H groups in total. The maximum atomic E-state index is 9.35. The zero-order chi connectivity index (χ0) is 11.4. The van der Waals surface area contributed by atoms with Crippen molar-refractivity contribution in [2.45, 2.75) is 26.1 Å². The Morgan fingerprint density at radius 1 is 1.47 bits per heavy atom. The largest absolute Gasteiger partial charge is 0.485 e. The molecule has 0 aliphatic rings. The number of rotatable bonds is 4. The summed E-state index contributed by atoms with van der Waals surface area (Å²) in [6, 6.07) is 5.25. The van der Waals surface area contributed by atoms with Gasteiger partial charge in [-0.05, 0) is 31.5 Å². The van der Waals surface area contributed by atoms with Crippen molar-refractivity contribution in [3.8, 4) is 5.75 Å². The van der Waals surface area contributed by atoms with E-state index in [1.165, 1.54) is 0 Å². The fourth-order valence-corrected chi connectivity index (χ4v) is 1.35. The lowest BCUT2D eigenvalue weighted by Crippen LogP contribution is -2.07. The minimum Gasteiger partial charge on any atom is -0.485 e. The Balaban J connectivity index is 2.88. The lowest BCUT2D eigenvalue weighted by atomic mass is 10.1. The van der Waals surface area contributed by atoms with Gasteiger partial charge in [0, 0.05) is 0 Å². The van der Waals surface area contributed by atoms with Gasteiger partial charge in [-0.3, -0.25) is 0 Å². The highest BCUT2D eigenvalue weighted by Gasteiger charge is 2.07. The number of hydrogen-bond acceptors (Lipinski definition) is 2. The summed E-state index contributed by atoms with van der Waals surface area (Å²) in [5, 5.41) is 9.85. The first kappa shape index (κ1) is 12.1. The lowest BCUT2D eigenvalue weighted by molar-refractivity contribution is 0.199. The first-order valence-electron chi connectivity index (χ1n) is 4.81. The van der Waals surface area contributed by atoms with Crippen LogP contribution in [0.4, 0.5) is 0 Å². The van der Waals surface area contributed by atoms with Crippen LogP contribution in [0.15, 0.2) is 30.9 Å². The Bertz CT molecular complexity index is 347. The zero-order valence-corrected chi connectivity index (χ0v) is 9.66. The van der Waals surface area contributed by atoms with Crippen LogP contribution < -0.4 is 4.74 Å². The smallest absolute Gasteiger partial charge is 0.138 e. The fraction of sp³-hybridized carbons (Fsp3) is 0.333. The highest BCUT2D eigenvalue weighted by atomic mass is 35.5. The predicted molar refractivity (Wildman–Crippen MR) is 62.4 cm³/mol. The second kappa shape index (κ2) is 5.19. The third-order valence-corrected chi connectivity index (χ3v) is 2.38. The molecule has 2 atom stereocenters. The molecule has 3 heteroatoms. The Kier molecular flexibility index (Phi) is 4.18. The molecule has 0 radical (unpaired) electrons. The van der Waals surface area contributed by atoms with Crippen LogP contribution in [0.3, 0.4) is 0 Å². The predicted octanol–water partition coefficient (Wildman–Crippen LogP) is 3.35. The molecule has 82 valence electrons. The maximum Gasteiger partial charge on any atom is 0.138 e. The second-order valence-electron chi connectivity index (χ2n) is 3.42. The van der Waals surface area contributed by atoms with Gasteiger partial charge in [-0.2, -0.15) is 0 Å². The Morgan fingerprint density at radius 2 is 2.13 bits per heavy atom. The summed E-state index contributed by atoms with van der Waals surface area (Å²) in [6.45, 7) is 7.20. The number of aliphatic hydroxyl groups excluding tert-OH is 1. The molecular formula is C12H15ClO2. The van der Waals surface area contributed by atoms with Gasteiger partial charge in [0.25, 0.3) is 0 Å². The number of ether oxygens (including phenoxy) is 1. The van der Waals surface area contributed by atoms with E-state index in [4.69, 9.17) is 16.3 Å². The molecule has 0 aromatic heterocycles. The Morgan fingerprint density at radius 3 is 2.60 bits per heavy atom. The van der Waals surface area contributed by atoms with Crippen LogP contribution in [0.1, 0.15) is 25.5 Å². The van der Waals surface area contributed by atoms with Crippen LogP contribution >= 0.6 is 11.6 Å². The van der Waals surface area contributed by atoms with Gasteiger partial charge in [-0.1, -0.05) is 30.3 Å². The highest BCUT2D eigenvalue weighted by molar-refractivity contribution is 6.32. The summed E-state index contributed by atoms with van der Waals surface area (Å²) in [7, 11) is 0. The van der Waals surface area contributed by atoms with Gasteiger partial charge < -0.3 is 9.84 Å². The molecule has 0 fully saturated rings. The van der Waals surface area contributed by atoms with E-state index in [-0.39, 0.29) is 6.10 Å². The zero-order valence-electron chi connectivity index (χ0n) is 8.90. The van der Waals surface area contributed by atoms with Crippen molar-refractivity contribution in [1.29, 1.82) is 0 Å². The average molecular weight is 227 g/mol. The van der Waals surface area contributed by atoms with Crippen molar-refractivity contribution < 1.29 is 9.84 Å². The SMILES string of the molecule is C=CC(C)Oc1ccc(C(C)O)cc1Cl. The van der Waals surface area contributed by atoms with Crippen LogP contribution in [0.5, 0.6) is 5.75 Å². The van der Waals surface area contributed by atoms with Gasteiger partial charge in [-0.15, -0.1) is 0 Å². The van der Waals surface area contributed by atoms with Gasteiger partial charge in [0.2, 0.25) is 0 Å². The summed E-state index contributed by atoms with van der Waals surface area (Å²) in [5.41, 5.74) is 0.776. The van der Waals surface area contributed by atoms with Gasteiger partial charge in [0.15, 0.2) is 0 Å². The molecule has 1 aromatic carbocycles. The Labute approximate surface area is 95.1 Å². The van der Waals surface area contributed by atoms with Gasteiger partial charge in [-0.25, -0.2) is 0 Å². The van der Waals surface area contributed by atoms with E-state index in [1.807, 2.05) is 6.92 Å². The summed E-state index contributed by atoms with van der Waals surface area (Å²) in [4.78, 5) is 0. The van der Waals surface area contributed by atoms with E-state index in [2.05, 4.69) is 6.58 Å². The van der Waals surface area contributed by atoms with Crippen molar-refractivity contribution in [3.63, 3.8) is 0 Å². The molecule has 0 aliphatic carbocycles. The van der Waals surface area contributed by atoms with E-state index in [0.29, 0.717) is 10.8 Å². The first-order chi connectivity index (χ1) is 7.04. The summed E-state index contributed by atoms with van der Waals surface area (Å²) < 4.78 is 5.50. The Hall–Kier alpha value is -0.990. The molecule has 0 saturated carbocycles. The first-order valence-corrected chi connectivity index (χ1v) is 5.19. The summed E-state index contributed by atoms with van der Waals surface area (Å²) in [6.07, 6.45) is 1.09. The minimum atomic E-state index is -0.520. The molecule has 15 heavy (non-hydrogen) atoms. The van der Waals surface area contributed by atoms with Crippen LogP contribution in [0.2, 0.25) is 5.02 Å². The minimum absolute atomic E-state index is 0.0834. The average Bonchev–Trinajstić information content (AvgIpc) is 2.20. The third kappa shape index (κ3) is 3.26. The van der Waals surface area contributed by atoms with Gasteiger partial charge in [0.1, 0.15) is 11.9 Å².